The van der Waals surface area contributed by atoms with Crippen LogP contribution >= 0.6 is 0 Å². The molecule has 0 aromatic heterocycles. The maximum atomic E-state index is 10.6. The van der Waals surface area contributed by atoms with Gasteiger partial charge >= 0.3 is 0 Å². The van der Waals surface area contributed by atoms with Crippen molar-refractivity contribution in [2.45, 2.75) is 13.0 Å². The predicted molar refractivity (Wildman–Crippen MR) is 50.4 cm³/mol. The van der Waals surface area contributed by atoms with Crippen molar-refractivity contribution in [1.29, 1.82) is 0 Å². The van der Waals surface area contributed by atoms with Crippen LogP contribution in [0.25, 0.3) is 0 Å². The van der Waals surface area contributed by atoms with Crippen molar-refractivity contribution in [2.24, 2.45) is 0 Å². The summed E-state index contributed by atoms with van der Waals surface area (Å²) in [5.74, 6) is -0.149. The number of aliphatic hydroxyl groups excluding tert-OH is 2. The standard InChI is InChI=1S/C8H18N2O4/c1-7(12)9-5-10(6-14-2)3-8(13)4-11/h8,11,13H,3-6H2,1-2H3,(H,9,12). The summed E-state index contributed by atoms with van der Waals surface area (Å²) in [6.45, 7) is 1.94. The summed E-state index contributed by atoms with van der Waals surface area (Å²) in [5, 5.41) is 20.4. The van der Waals surface area contributed by atoms with E-state index >= 15 is 0 Å². The molecule has 1 atom stereocenters. The quantitative estimate of drug-likeness (QED) is 0.434. The van der Waals surface area contributed by atoms with Gasteiger partial charge in [0.25, 0.3) is 0 Å². The van der Waals surface area contributed by atoms with Gasteiger partial charge in [0.2, 0.25) is 5.91 Å². The summed E-state index contributed by atoms with van der Waals surface area (Å²) in [6.07, 6.45) is -0.820. The van der Waals surface area contributed by atoms with Crippen LogP contribution in [-0.4, -0.2) is 60.8 Å². The Hall–Kier alpha value is -0.690. The maximum absolute atomic E-state index is 10.6. The Morgan fingerprint density at radius 2 is 2.29 bits per heavy atom. The van der Waals surface area contributed by atoms with Gasteiger partial charge in [-0.15, -0.1) is 0 Å². The number of hydrogen-bond acceptors (Lipinski definition) is 5. The summed E-state index contributed by atoms with van der Waals surface area (Å²) in [4.78, 5) is 12.3. The van der Waals surface area contributed by atoms with E-state index in [-0.39, 0.29) is 25.8 Å². The number of carbonyl (C=O) groups is 1. The first kappa shape index (κ1) is 13.3. The third kappa shape index (κ3) is 6.79. The zero-order valence-electron chi connectivity index (χ0n) is 8.56. The van der Waals surface area contributed by atoms with Crippen LogP contribution in [0.3, 0.4) is 0 Å². The van der Waals surface area contributed by atoms with Gasteiger partial charge in [0.05, 0.1) is 19.4 Å². The van der Waals surface area contributed by atoms with Crippen molar-refractivity contribution in [3.8, 4) is 0 Å². The maximum Gasteiger partial charge on any atom is 0.217 e. The van der Waals surface area contributed by atoms with E-state index in [0.717, 1.165) is 0 Å². The fourth-order valence-corrected chi connectivity index (χ4v) is 0.924. The number of aliphatic hydroxyl groups is 2. The number of hydrogen-bond donors (Lipinski definition) is 3. The van der Waals surface area contributed by atoms with Crippen molar-refractivity contribution < 1.29 is 19.7 Å². The first-order valence-electron chi connectivity index (χ1n) is 4.34. The molecule has 0 fully saturated rings. The number of nitrogens with zero attached hydrogens (tertiary/aromatic N) is 1. The lowest BCUT2D eigenvalue weighted by Gasteiger charge is -2.23. The van der Waals surface area contributed by atoms with Crippen molar-refractivity contribution in [1.82, 2.24) is 10.2 Å². The number of nitrogens with one attached hydrogen (secondary N) is 1. The largest absolute Gasteiger partial charge is 0.394 e. The van der Waals surface area contributed by atoms with Gasteiger partial charge in [-0.25, -0.2) is 0 Å². The summed E-state index contributed by atoms with van der Waals surface area (Å²) >= 11 is 0. The van der Waals surface area contributed by atoms with E-state index in [9.17, 15) is 4.79 Å². The summed E-state index contributed by atoms with van der Waals surface area (Å²) in [7, 11) is 1.52. The first-order valence-corrected chi connectivity index (χ1v) is 4.34. The molecule has 14 heavy (non-hydrogen) atoms. The van der Waals surface area contributed by atoms with Crippen LogP contribution in [0.1, 0.15) is 6.92 Å². The Morgan fingerprint density at radius 1 is 1.64 bits per heavy atom. The molecular formula is C8H18N2O4. The normalized spacial score (nSPS) is 12.9. The Balaban J connectivity index is 3.82. The van der Waals surface area contributed by atoms with E-state index in [1.54, 1.807) is 4.90 Å². The number of ether oxygens (including phenoxy) is 1. The Labute approximate surface area is 83.5 Å². The molecule has 0 spiro atoms. The molecule has 6 nitrogen and oxygen atoms in total. The molecule has 0 aliphatic rings. The smallest absolute Gasteiger partial charge is 0.217 e. The van der Waals surface area contributed by atoms with Gasteiger partial charge in [-0.2, -0.15) is 0 Å². The molecule has 0 saturated carbocycles. The zero-order chi connectivity index (χ0) is 11.0. The highest BCUT2D eigenvalue weighted by atomic mass is 16.5. The van der Waals surface area contributed by atoms with Gasteiger partial charge < -0.3 is 20.3 Å². The van der Waals surface area contributed by atoms with E-state index in [0.29, 0.717) is 6.67 Å². The molecule has 6 heteroatoms. The number of amides is 1. The molecule has 0 saturated heterocycles. The van der Waals surface area contributed by atoms with Crippen LogP contribution in [-0.2, 0) is 9.53 Å². The lowest BCUT2D eigenvalue weighted by atomic mass is 10.3. The van der Waals surface area contributed by atoms with Crippen molar-refractivity contribution in [2.75, 3.05) is 33.7 Å². The molecule has 0 heterocycles. The lowest BCUT2D eigenvalue weighted by molar-refractivity contribution is -0.120. The molecule has 0 bridgehead atoms. The van der Waals surface area contributed by atoms with Crippen LogP contribution in [0.4, 0.5) is 0 Å². The molecule has 0 rings (SSSR count). The first-order chi connectivity index (χ1) is 6.60. The van der Waals surface area contributed by atoms with Gasteiger partial charge in [0.1, 0.15) is 6.73 Å². The third-order valence-corrected chi connectivity index (χ3v) is 1.54. The molecular weight excluding hydrogens is 188 g/mol. The average molecular weight is 206 g/mol. The summed E-state index contributed by atoms with van der Waals surface area (Å²) in [6, 6.07) is 0. The average Bonchev–Trinajstić information content (AvgIpc) is 2.14. The Morgan fingerprint density at radius 3 is 2.71 bits per heavy atom. The highest BCUT2D eigenvalue weighted by molar-refractivity contribution is 5.72. The summed E-state index contributed by atoms with van der Waals surface area (Å²) < 4.78 is 4.86. The highest BCUT2D eigenvalue weighted by Gasteiger charge is 2.10. The van der Waals surface area contributed by atoms with E-state index < -0.39 is 6.10 Å². The molecule has 0 aromatic rings. The minimum atomic E-state index is -0.820. The van der Waals surface area contributed by atoms with Gasteiger partial charge in [0.15, 0.2) is 0 Å². The number of methoxy groups -OCH3 is 1. The van der Waals surface area contributed by atoms with Gasteiger partial charge in [0, 0.05) is 20.6 Å². The minimum Gasteiger partial charge on any atom is -0.394 e. The van der Waals surface area contributed by atoms with Crippen molar-refractivity contribution in [3.63, 3.8) is 0 Å². The second-order valence-corrected chi connectivity index (χ2v) is 3.00. The van der Waals surface area contributed by atoms with Crippen molar-refractivity contribution >= 4 is 5.91 Å². The van der Waals surface area contributed by atoms with Crippen molar-refractivity contribution in [3.05, 3.63) is 0 Å². The van der Waals surface area contributed by atoms with E-state index in [1.165, 1.54) is 14.0 Å². The molecule has 3 N–H and O–H groups in total. The molecule has 1 amide bonds. The Kier molecular flexibility index (Phi) is 7.31. The van der Waals surface area contributed by atoms with Crippen LogP contribution in [0.5, 0.6) is 0 Å². The number of carbonyl (C=O) groups excluding carboxylic acids is 1. The fraction of sp³-hybridized carbons (Fsp3) is 0.875. The van der Waals surface area contributed by atoms with Crippen LogP contribution in [0.15, 0.2) is 0 Å². The molecule has 0 aromatic carbocycles. The fourth-order valence-electron chi connectivity index (χ4n) is 0.924. The minimum absolute atomic E-state index is 0.149. The predicted octanol–water partition coefficient (Wildman–Crippen LogP) is -1.66. The van der Waals surface area contributed by atoms with E-state index in [2.05, 4.69) is 5.32 Å². The van der Waals surface area contributed by atoms with E-state index in [4.69, 9.17) is 14.9 Å². The van der Waals surface area contributed by atoms with Crippen LogP contribution < -0.4 is 5.32 Å². The Bertz CT molecular complexity index is 165. The zero-order valence-corrected chi connectivity index (χ0v) is 8.56. The van der Waals surface area contributed by atoms with Gasteiger partial charge in [-0.1, -0.05) is 0 Å². The SMILES string of the molecule is COCN(CNC(C)=O)CC(O)CO. The molecule has 1 unspecified atom stereocenters. The van der Waals surface area contributed by atoms with E-state index in [1.807, 2.05) is 0 Å². The second kappa shape index (κ2) is 7.69. The molecule has 0 aliphatic carbocycles. The number of rotatable bonds is 7. The summed E-state index contributed by atoms with van der Waals surface area (Å²) in [5.41, 5.74) is 0. The topological polar surface area (TPSA) is 82.0 Å². The molecule has 0 radical (unpaired) electrons. The van der Waals surface area contributed by atoms with Crippen LogP contribution in [0.2, 0.25) is 0 Å². The monoisotopic (exact) mass is 206 g/mol. The van der Waals surface area contributed by atoms with Gasteiger partial charge in [-0.3, -0.25) is 9.69 Å². The van der Waals surface area contributed by atoms with Crippen LogP contribution in [0, 0.1) is 0 Å². The second-order valence-electron chi connectivity index (χ2n) is 3.00. The molecule has 84 valence electrons. The lowest BCUT2D eigenvalue weighted by Crippen LogP contribution is -2.42. The third-order valence-electron chi connectivity index (χ3n) is 1.54. The van der Waals surface area contributed by atoms with Gasteiger partial charge in [-0.05, 0) is 0 Å². The highest BCUT2D eigenvalue weighted by Crippen LogP contribution is 1.91. The molecule has 0 aliphatic heterocycles.